The Morgan fingerprint density at radius 1 is 0.553 bits per heavy atom. The monoisotopic (exact) mass is 493 g/mol. The standard InChI is InChI=1S/C34H23NO3/c1-19(2)20-11-14-31-27(15-20)34(36)24-13-12-21(16-32(24)38-31)35-28-9-5-3-7-22(28)25-17-26-23-8-4-6-10-30(23)37-33(26)18-29(25)35/h3-19H,1-2H3. The molecule has 0 saturated heterocycles. The van der Waals surface area contributed by atoms with Crippen LogP contribution in [0, 0.1) is 0 Å². The molecule has 0 radical (unpaired) electrons. The van der Waals surface area contributed by atoms with Crippen LogP contribution in [0.1, 0.15) is 25.3 Å². The molecule has 5 aromatic carbocycles. The molecule has 0 saturated carbocycles. The lowest BCUT2D eigenvalue weighted by Crippen LogP contribution is -2.04. The van der Waals surface area contributed by atoms with E-state index in [-0.39, 0.29) is 5.43 Å². The van der Waals surface area contributed by atoms with E-state index >= 15 is 0 Å². The molecular formula is C34H23NO3. The quantitative estimate of drug-likeness (QED) is 0.226. The fourth-order valence-corrected chi connectivity index (χ4v) is 5.82. The van der Waals surface area contributed by atoms with E-state index < -0.39 is 0 Å². The molecule has 8 aromatic rings. The normalized spacial score (nSPS) is 12.3. The first kappa shape index (κ1) is 21.3. The number of fused-ring (bicyclic) bond motifs is 8. The Bertz CT molecular complexity index is 2300. The van der Waals surface area contributed by atoms with Crippen molar-refractivity contribution in [1.82, 2.24) is 4.57 Å². The highest BCUT2D eigenvalue weighted by Gasteiger charge is 2.17. The molecular weight excluding hydrogens is 470 g/mol. The fourth-order valence-electron chi connectivity index (χ4n) is 5.82. The van der Waals surface area contributed by atoms with E-state index in [2.05, 4.69) is 60.9 Å². The second kappa shape index (κ2) is 7.59. The molecule has 4 nitrogen and oxygen atoms in total. The summed E-state index contributed by atoms with van der Waals surface area (Å²) in [6.45, 7) is 4.25. The second-order valence-electron chi connectivity index (χ2n) is 10.3. The van der Waals surface area contributed by atoms with E-state index in [0.29, 0.717) is 27.9 Å². The average Bonchev–Trinajstić information content (AvgIpc) is 3.46. The van der Waals surface area contributed by atoms with Crippen LogP contribution in [-0.4, -0.2) is 4.57 Å². The van der Waals surface area contributed by atoms with Crippen LogP contribution in [0.2, 0.25) is 0 Å². The maximum atomic E-state index is 13.4. The smallest absolute Gasteiger partial charge is 0.200 e. The van der Waals surface area contributed by atoms with Crippen molar-refractivity contribution in [2.75, 3.05) is 0 Å². The Balaban J connectivity index is 1.43. The number of rotatable bonds is 2. The van der Waals surface area contributed by atoms with E-state index in [0.717, 1.165) is 55.0 Å². The van der Waals surface area contributed by atoms with E-state index in [4.69, 9.17) is 8.83 Å². The average molecular weight is 494 g/mol. The first-order chi connectivity index (χ1) is 18.6. The van der Waals surface area contributed by atoms with Crippen molar-refractivity contribution < 1.29 is 8.83 Å². The third-order valence-electron chi connectivity index (χ3n) is 7.77. The predicted octanol–water partition coefficient (Wildman–Crippen LogP) is 9.07. The maximum absolute atomic E-state index is 13.4. The van der Waals surface area contributed by atoms with Crippen molar-refractivity contribution in [2.24, 2.45) is 0 Å². The number of aromatic nitrogens is 1. The van der Waals surface area contributed by atoms with Gasteiger partial charge in [0, 0.05) is 39.4 Å². The zero-order chi connectivity index (χ0) is 25.5. The van der Waals surface area contributed by atoms with Gasteiger partial charge >= 0.3 is 0 Å². The lowest BCUT2D eigenvalue weighted by Gasteiger charge is -2.10. The minimum absolute atomic E-state index is 0.00139. The molecule has 182 valence electrons. The van der Waals surface area contributed by atoms with Gasteiger partial charge in [-0.25, -0.2) is 0 Å². The minimum atomic E-state index is 0.00139. The molecule has 3 aromatic heterocycles. The van der Waals surface area contributed by atoms with Crippen molar-refractivity contribution in [2.45, 2.75) is 19.8 Å². The molecule has 4 heteroatoms. The Morgan fingerprint density at radius 2 is 1.29 bits per heavy atom. The molecule has 8 rings (SSSR count). The van der Waals surface area contributed by atoms with Gasteiger partial charge in [-0.2, -0.15) is 0 Å². The molecule has 0 aliphatic heterocycles. The highest BCUT2D eigenvalue weighted by Crippen LogP contribution is 2.38. The van der Waals surface area contributed by atoms with Gasteiger partial charge < -0.3 is 13.4 Å². The molecule has 0 spiro atoms. The van der Waals surface area contributed by atoms with Crippen molar-refractivity contribution in [1.29, 1.82) is 0 Å². The lowest BCUT2D eigenvalue weighted by molar-refractivity contribution is 0.659. The van der Waals surface area contributed by atoms with Gasteiger partial charge in [-0.05, 0) is 53.9 Å². The summed E-state index contributed by atoms with van der Waals surface area (Å²) in [6, 6.07) is 32.7. The number of hydrogen-bond acceptors (Lipinski definition) is 3. The molecule has 0 amide bonds. The number of furan rings is 1. The Morgan fingerprint density at radius 3 is 2.13 bits per heavy atom. The molecule has 0 fully saturated rings. The molecule has 0 N–H and O–H groups in total. The summed E-state index contributed by atoms with van der Waals surface area (Å²) in [7, 11) is 0. The second-order valence-corrected chi connectivity index (χ2v) is 10.3. The van der Waals surface area contributed by atoms with Gasteiger partial charge in [0.15, 0.2) is 0 Å². The zero-order valence-corrected chi connectivity index (χ0v) is 21.0. The Labute approximate surface area is 217 Å². The summed E-state index contributed by atoms with van der Waals surface area (Å²) in [5, 5.41) is 5.74. The predicted molar refractivity (Wildman–Crippen MR) is 156 cm³/mol. The third-order valence-corrected chi connectivity index (χ3v) is 7.77. The van der Waals surface area contributed by atoms with E-state index in [9.17, 15) is 4.79 Å². The first-order valence-electron chi connectivity index (χ1n) is 12.9. The minimum Gasteiger partial charge on any atom is -0.456 e. The van der Waals surface area contributed by atoms with E-state index in [1.54, 1.807) is 0 Å². The third kappa shape index (κ3) is 2.88. The largest absolute Gasteiger partial charge is 0.456 e. The SMILES string of the molecule is CC(C)c1ccc2oc3cc(-n4c5ccccc5c5cc6c(cc54)oc4ccccc46)ccc3c(=O)c2c1. The van der Waals surface area contributed by atoms with Crippen LogP contribution >= 0.6 is 0 Å². The van der Waals surface area contributed by atoms with E-state index in [1.165, 1.54) is 0 Å². The molecule has 0 aliphatic rings. The van der Waals surface area contributed by atoms with Crippen LogP contribution in [0.3, 0.4) is 0 Å². The van der Waals surface area contributed by atoms with E-state index in [1.807, 2.05) is 54.6 Å². The van der Waals surface area contributed by atoms with Crippen LogP contribution in [0.25, 0.3) is 71.4 Å². The molecule has 3 heterocycles. The Kier molecular flexibility index (Phi) is 4.25. The summed E-state index contributed by atoms with van der Waals surface area (Å²) < 4.78 is 14.8. The lowest BCUT2D eigenvalue weighted by atomic mass is 10.0. The summed E-state index contributed by atoms with van der Waals surface area (Å²) in [4.78, 5) is 13.4. The van der Waals surface area contributed by atoms with Gasteiger partial charge in [-0.15, -0.1) is 0 Å². The number of para-hydroxylation sites is 2. The Hall–Kier alpha value is -4.83. The maximum Gasteiger partial charge on any atom is 0.200 e. The number of hydrogen-bond donors (Lipinski definition) is 0. The highest BCUT2D eigenvalue weighted by molar-refractivity contribution is 6.17. The first-order valence-corrected chi connectivity index (χ1v) is 12.9. The molecule has 0 atom stereocenters. The molecule has 38 heavy (non-hydrogen) atoms. The van der Waals surface area contributed by atoms with Crippen molar-refractivity contribution in [3.8, 4) is 5.69 Å². The van der Waals surface area contributed by atoms with Crippen LogP contribution < -0.4 is 5.43 Å². The zero-order valence-electron chi connectivity index (χ0n) is 21.0. The summed E-state index contributed by atoms with van der Waals surface area (Å²) in [5.41, 5.74) is 7.10. The summed E-state index contributed by atoms with van der Waals surface area (Å²) in [6.07, 6.45) is 0. The van der Waals surface area contributed by atoms with Gasteiger partial charge in [0.2, 0.25) is 5.43 Å². The van der Waals surface area contributed by atoms with Crippen molar-refractivity contribution in [3.63, 3.8) is 0 Å². The number of benzene rings is 5. The van der Waals surface area contributed by atoms with Gasteiger partial charge in [0.05, 0.1) is 21.8 Å². The van der Waals surface area contributed by atoms with Gasteiger partial charge in [0.25, 0.3) is 0 Å². The topological polar surface area (TPSA) is 48.3 Å². The fraction of sp³-hybridized carbons (Fsp3) is 0.0882. The molecule has 0 aliphatic carbocycles. The van der Waals surface area contributed by atoms with Crippen LogP contribution in [0.15, 0.2) is 111 Å². The van der Waals surface area contributed by atoms with Gasteiger partial charge in [0.1, 0.15) is 22.3 Å². The molecule has 0 bridgehead atoms. The highest BCUT2D eigenvalue weighted by atomic mass is 16.3. The number of nitrogens with zero attached hydrogens (tertiary/aromatic N) is 1. The molecule has 0 unspecified atom stereocenters. The summed E-state index contributed by atoms with van der Waals surface area (Å²) >= 11 is 0. The van der Waals surface area contributed by atoms with Crippen molar-refractivity contribution >= 4 is 65.7 Å². The van der Waals surface area contributed by atoms with Gasteiger partial charge in [-0.3, -0.25) is 4.79 Å². The summed E-state index contributed by atoms with van der Waals surface area (Å²) in [5.74, 6) is 0.338. The van der Waals surface area contributed by atoms with Crippen LogP contribution in [0.4, 0.5) is 0 Å². The van der Waals surface area contributed by atoms with Gasteiger partial charge in [-0.1, -0.05) is 56.3 Å². The van der Waals surface area contributed by atoms with Crippen LogP contribution in [-0.2, 0) is 0 Å². The van der Waals surface area contributed by atoms with Crippen molar-refractivity contribution in [3.05, 3.63) is 113 Å². The van der Waals surface area contributed by atoms with Crippen LogP contribution in [0.5, 0.6) is 0 Å².